The smallest absolute Gasteiger partial charge is 0.208 e. The summed E-state index contributed by atoms with van der Waals surface area (Å²) >= 11 is 1.50. The highest BCUT2D eigenvalue weighted by molar-refractivity contribution is 7.99. The van der Waals surface area contributed by atoms with Gasteiger partial charge in [-0.25, -0.2) is 4.98 Å². The van der Waals surface area contributed by atoms with Crippen LogP contribution in [-0.4, -0.2) is 26.7 Å². The highest BCUT2D eigenvalue weighted by Gasteiger charge is 2.06. The van der Waals surface area contributed by atoms with E-state index < -0.39 is 0 Å². The molecule has 5 heteroatoms. The molecular formula is C14H17N3OS. The molecule has 1 aromatic carbocycles. The van der Waals surface area contributed by atoms with Gasteiger partial charge >= 0.3 is 0 Å². The van der Waals surface area contributed by atoms with Crippen molar-refractivity contribution in [3.8, 4) is 11.4 Å². The van der Waals surface area contributed by atoms with Gasteiger partial charge in [-0.2, -0.15) is 0 Å². The lowest BCUT2D eigenvalue weighted by atomic mass is 10.1. The number of carbonyl (C=O) groups excluding carboxylic acids is 1. The lowest BCUT2D eigenvalue weighted by molar-refractivity contribution is -0.116. The van der Waals surface area contributed by atoms with Crippen LogP contribution in [0.1, 0.15) is 25.8 Å². The number of aromatic amines is 1. The number of rotatable bonds is 6. The van der Waals surface area contributed by atoms with Gasteiger partial charge in [0.1, 0.15) is 5.78 Å². The molecule has 0 aliphatic rings. The maximum Gasteiger partial charge on any atom is 0.208 e. The maximum atomic E-state index is 10.9. The molecule has 0 saturated carbocycles. The molecule has 0 aliphatic carbocycles. The van der Waals surface area contributed by atoms with Crippen molar-refractivity contribution in [2.24, 2.45) is 0 Å². The Balaban J connectivity index is 2.01. The molecule has 100 valence electrons. The van der Waals surface area contributed by atoms with Crippen LogP contribution in [0.2, 0.25) is 0 Å². The summed E-state index contributed by atoms with van der Waals surface area (Å²) < 4.78 is 0. The number of nitrogens with zero attached hydrogens (tertiary/aromatic N) is 2. The van der Waals surface area contributed by atoms with Crippen LogP contribution in [0.3, 0.4) is 0 Å². The highest BCUT2D eigenvalue weighted by Crippen LogP contribution is 2.20. The van der Waals surface area contributed by atoms with Crippen molar-refractivity contribution >= 4 is 17.5 Å². The van der Waals surface area contributed by atoms with E-state index in [-0.39, 0.29) is 5.78 Å². The van der Waals surface area contributed by atoms with Crippen LogP contribution in [-0.2, 0) is 11.2 Å². The Kier molecular flexibility index (Phi) is 4.74. The summed E-state index contributed by atoms with van der Waals surface area (Å²) in [7, 11) is 0. The number of Topliss-reactive ketones (excluding diaryl/α,β-unsaturated/α-hetero) is 1. The number of hydrogen-bond acceptors (Lipinski definition) is 4. The fourth-order valence-corrected chi connectivity index (χ4v) is 2.46. The van der Waals surface area contributed by atoms with Crippen LogP contribution in [0.25, 0.3) is 11.4 Å². The predicted molar refractivity (Wildman–Crippen MR) is 77.2 cm³/mol. The summed E-state index contributed by atoms with van der Waals surface area (Å²) in [5.41, 5.74) is 2.34. The molecule has 0 amide bonds. The van der Waals surface area contributed by atoms with Crippen LogP contribution in [0, 0.1) is 0 Å². The first-order chi connectivity index (χ1) is 9.19. The number of carbonyl (C=O) groups is 1. The molecule has 0 unspecified atom stereocenters. The lowest BCUT2D eigenvalue weighted by Gasteiger charge is -1.98. The standard InChI is InChI=1S/C14H17N3OS/c1-3-11-4-6-12(7-5-11)13-15-14(17-16-13)19-9-8-10(2)18/h4-7H,3,8-9H2,1-2H3,(H,15,16,17). The number of aromatic nitrogens is 3. The third kappa shape index (κ3) is 3.92. The summed E-state index contributed by atoms with van der Waals surface area (Å²) in [6.07, 6.45) is 1.59. The van der Waals surface area contributed by atoms with Gasteiger partial charge in [0, 0.05) is 17.7 Å². The molecule has 0 spiro atoms. The van der Waals surface area contributed by atoms with Gasteiger partial charge in [0.2, 0.25) is 5.16 Å². The van der Waals surface area contributed by atoms with E-state index >= 15 is 0 Å². The van der Waals surface area contributed by atoms with Crippen molar-refractivity contribution in [2.75, 3.05) is 5.75 Å². The number of thioether (sulfide) groups is 1. The molecule has 0 aliphatic heterocycles. The summed E-state index contributed by atoms with van der Waals surface area (Å²) in [6, 6.07) is 8.29. The minimum atomic E-state index is 0.193. The average molecular weight is 275 g/mol. The third-order valence-electron chi connectivity index (χ3n) is 2.79. The number of benzene rings is 1. The molecule has 0 radical (unpaired) electrons. The highest BCUT2D eigenvalue weighted by atomic mass is 32.2. The van der Waals surface area contributed by atoms with E-state index in [1.54, 1.807) is 6.92 Å². The van der Waals surface area contributed by atoms with Crippen LogP contribution in [0.4, 0.5) is 0 Å². The second-order valence-electron chi connectivity index (χ2n) is 4.32. The zero-order valence-electron chi connectivity index (χ0n) is 11.1. The second-order valence-corrected chi connectivity index (χ2v) is 5.38. The Morgan fingerprint density at radius 2 is 2.05 bits per heavy atom. The van der Waals surface area contributed by atoms with Gasteiger partial charge in [-0.3, -0.25) is 9.89 Å². The first-order valence-electron chi connectivity index (χ1n) is 6.33. The van der Waals surface area contributed by atoms with E-state index in [1.807, 2.05) is 12.1 Å². The molecule has 2 rings (SSSR count). The lowest BCUT2D eigenvalue weighted by Crippen LogP contribution is -1.91. The topological polar surface area (TPSA) is 58.6 Å². The van der Waals surface area contributed by atoms with Crippen molar-refractivity contribution in [3.63, 3.8) is 0 Å². The molecule has 1 aromatic heterocycles. The van der Waals surface area contributed by atoms with E-state index in [4.69, 9.17) is 0 Å². The molecule has 1 heterocycles. The Bertz CT molecular complexity index is 548. The summed E-state index contributed by atoms with van der Waals surface area (Å²) in [5.74, 6) is 1.69. The summed E-state index contributed by atoms with van der Waals surface area (Å²) in [5, 5.41) is 7.77. The normalized spacial score (nSPS) is 10.6. The van der Waals surface area contributed by atoms with Crippen LogP contribution >= 0.6 is 11.8 Å². The van der Waals surface area contributed by atoms with Crippen molar-refractivity contribution < 1.29 is 4.79 Å². The number of hydrogen-bond donors (Lipinski definition) is 1. The van der Waals surface area contributed by atoms with E-state index in [0.29, 0.717) is 11.6 Å². The van der Waals surface area contributed by atoms with Gasteiger partial charge in [-0.15, -0.1) is 5.10 Å². The van der Waals surface area contributed by atoms with Crippen molar-refractivity contribution in [1.29, 1.82) is 0 Å². The number of aryl methyl sites for hydroxylation is 1. The fraction of sp³-hybridized carbons (Fsp3) is 0.357. The SMILES string of the molecule is CCc1ccc(-c2nc(SCCC(C)=O)n[nH]2)cc1. The van der Waals surface area contributed by atoms with Crippen molar-refractivity contribution in [2.45, 2.75) is 31.8 Å². The van der Waals surface area contributed by atoms with E-state index in [9.17, 15) is 4.79 Å². The fourth-order valence-electron chi connectivity index (χ4n) is 1.62. The van der Waals surface area contributed by atoms with Crippen molar-refractivity contribution in [1.82, 2.24) is 15.2 Å². The van der Waals surface area contributed by atoms with Crippen LogP contribution in [0.15, 0.2) is 29.4 Å². The number of nitrogens with one attached hydrogen (secondary N) is 1. The average Bonchev–Trinajstić information content (AvgIpc) is 2.87. The summed E-state index contributed by atoms with van der Waals surface area (Å²) in [6.45, 7) is 3.73. The minimum absolute atomic E-state index is 0.193. The molecule has 19 heavy (non-hydrogen) atoms. The quantitative estimate of drug-likeness (QED) is 0.823. The van der Waals surface area contributed by atoms with E-state index in [1.165, 1.54) is 17.3 Å². The Labute approximate surface area is 117 Å². The molecule has 0 bridgehead atoms. The largest absolute Gasteiger partial charge is 0.300 e. The zero-order chi connectivity index (χ0) is 13.7. The van der Waals surface area contributed by atoms with Crippen LogP contribution in [0.5, 0.6) is 0 Å². The first-order valence-corrected chi connectivity index (χ1v) is 7.31. The maximum absolute atomic E-state index is 10.9. The molecule has 0 saturated heterocycles. The Morgan fingerprint density at radius 1 is 1.32 bits per heavy atom. The predicted octanol–water partition coefficient (Wildman–Crippen LogP) is 3.11. The van der Waals surface area contributed by atoms with Gasteiger partial charge < -0.3 is 0 Å². The zero-order valence-corrected chi connectivity index (χ0v) is 12.0. The molecule has 2 aromatic rings. The summed E-state index contributed by atoms with van der Waals surface area (Å²) in [4.78, 5) is 15.3. The molecular weight excluding hydrogens is 258 g/mol. The molecule has 4 nitrogen and oxygen atoms in total. The molecule has 0 atom stereocenters. The number of H-pyrrole nitrogens is 1. The molecule has 0 fully saturated rings. The first kappa shape index (κ1) is 13.8. The Hall–Kier alpha value is -1.62. The number of ketones is 1. The van der Waals surface area contributed by atoms with E-state index in [0.717, 1.165) is 23.6 Å². The van der Waals surface area contributed by atoms with Gasteiger partial charge in [-0.1, -0.05) is 43.0 Å². The monoisotopic (exact) mass is 275 g/mol. The van der Waals surface area contributed by atoms with Gasteiger partial charge in [-0.05, 0) is 18.9 Å². The van der Waals surface area contributed by atoms with E-state index in [2.05, 4.69) is 34.2 Å². The molecule has 1 N–H and O–H groups in total. The Morgan fingerprint density at radius 3 is 2.68 bits per heavy atom. The minimum Gasteiger partial charge on any atom is -0.300 e. The third-order valence-corrected chi connectivity index (χ3v) is 3.63. The van der Waals surface area contributed by atoms with Crippen molar-refractivity contribution in [3.05, 3.63) is 29.8 Å². The van der Waals surface area contributed by atoms with Gasteiger partial charge in [0.05, 0.1) is 0 Å². The second kappa shape index (κ2) is 6.52. The van der Waals surface area contributed by atoms with Crippen LogP contribution < -0.4 is 0 Å². The van der Waals surface area contributed by atoms with Gasteiger partial charge in [0.15, 0.2) is 5.82 Å². The van der Waals surface area contributed by atoms with Gasteiger partial charge in [0.25, 0.3) is 0 Å².